The van der Waals surface area contributed by atoms with Crippen LogP contribution in [0, 0.1) is 5.82 Å². The summed E-state index contributed by atoms with van der Waals surface area (Å²) in [6.07, 6.45) is 0. The van der Waals surface area contributed by atoms with Crippen molar-refractivity contribution in [3.05, 3.63) is 63.4 Å². The van der Waals surface area contributed by atoms with E-state index in [4.69, 9.17) is 28.3 Å². The van der Waals surface area contributed by atoms with Gasteiger partial charge in [0.05, 0.1) is 16.3 Å². The monoisotopic (exact) mass is 313 g/mol. The van der Waals surface area contributed by atoms with Crippen molar-refractivity contribution in [3.8, 4) is 0 Å². The van der Waals surface area contributed by atoms with Gasteiger partial charge < -0.3 is 10.4 Å². The molecule has 2 aromatic rings. The maximum absolute atomic E-state index is 13.6. The molecular formula is C14H10Cl2FNO2. The number of benzene rings is 2. The number of rotatable bonds is 4. The minimum atomic E-state index is -1.10. The molecule has 2 N–H and O–H groups in total. The zero-order chi connectivity index (χ0) is 14.7. The highest BCUT2D eigenvalue weighted by molar-refractivity contribution is 6.36. The van der Waals surface area contributed by atoms with E-state index in [1.807, 2.05) is 0 Å². The average Bonchev–Trinajstić information content (AvgIpc) is 2.39. The summed E-state index contributed by atoms with van der Waals surface area (Å²) in [6, 6.07) is 8.52. The first kappa shape index (κ1) is 14.6. The van der Waals surface area contributed by atoms with Crippen LogP contribution in [-0.4, -0.2) is 11.1 Å². The molecule has 0 bridgehead atoms. The van der Waals surface area contributed by atoms with Crippen molar-refractivity contribution in [3.63, 3.8) is 0 Å². The number of halogens is 3. The number of anilines is 1. The highest BCUT2D eigenvalue weighted by Gasteiger charge is 2.09. The van der Waals surface area contributed by atoms with Crippen LogP contribution in [0.3, 0.4) is 0 Å². The van der Waals surface area contributed by atoms with Crippen LogP contribution in [0.15, 0.2) is 36.4 Å². The Labute approximate surface area is 124 Å². The molecule has 104 valence electrons. The zero-order valence-electron chi connectivity index (χ0n) is 10.2. The van der Waals surface area contributed by atoms with Gasteiger partial charge in [-0.15, -0.1) is 0 Å². The van der Waals surface area contributed by atoms with E-state index in [0.29, 0.717) is 15.7 Å². The third-order valence-electron chi connectivity index (χ3n) is 2.69. The largest absolute Gasteiger partial charge is 0.478 e. The van der Waals surface area contributed by atoms with Gasteiger partial charge in [0.25, 0.3) is 0 Å². The number of carboxylic acids is 1. The molecule has 0 spiro atoms. The molecule has 2 rings (SSSR count). The maximum Gasteiger partial charge on any atom is 0.335 e. The predicted octanol–water partition coefficient (Wildman–Crippen LogP) is 4.44. The van der Waals surface area contributed by atoms with Crippen molar-refractivity contribution in [2.75, 3.05) is 5.32 Å². The quantitative estimate of drug-likeness (QED) is 0.877. The Morgan fingerprint density at radius 2 is 1.95 bits per heavy atom. The minimum Gasteiger partial charge on any atom is -0.478 e. The van der Waals surface area contributed by atoms with E-state index in [9.17, 15) is 9.18 Å². The van der Waals surface area contributed by atoms with E-state index in [1.165, 1.54) is 12.1 Å². The molecule has 0 unspecified atom stereocenters. The van der Waals surface area contributed by atoms with E-state index in [-0.39, 0.29) is 17.7 Å². The van der Waals surface area contributed by atoms with Crippen LogP contribution in [0.5, 0.6) is 0 Å². The first-order valence-electron chi connectivity index (χ1n) is 5.68. The van der Waals surface area contributed by atoms with Gasteiger partial charge in [0.15, 0.2) is 0 Å². The third kappa shape index (κ3) is 3.40. The van der Waals surface area contributed by atoms with Crippen LogP contribution in [-0.2, 0) is 6.54 Å². The average molecular weight is 314 g/mol. The predicted molar refractivity (Wildman–Crippen MR) is 77.1 cm³/mol. The van der Waals surface area contributed by atoms with Gasteiger partial charge in [0.1, 0.15) is 5.82 Å². The van der Waals surface area contributed by atoms with Gasteiger partial charge in [0, 0.05) is 17.1 Å². The molecule has 0 radical (unpaired) electrons. The second kappa shape index (κ2) is 6.11. The van der Waals surface area contributed by atoms with Gasteiger partial charge in [-0.05, 0) is 36.4 Å². The lowest BCUT2D eigenvalue weighted by molar-refractivity contribution is 0.0696. The fraction of sp³-hybridized carbons (Fsp3) is 0.0714. The van der Waals surface area contributed by atoms with Crippen molar-refractivity contribution in [1.82, 2.24) is 0 Å². The summed E-state index contributed by atoms with van der Waals surface area (Å²) in [7, 11) is 0. The topological polar surface area (TPSA) is 49.3 Å². The van der Waals surface area contributed by atoms with Crippen LogP contribution in [0.25, 0.3) is 0 Å². The van der Waals surface area contributed by atoms with Gasteiger partial charge in [-0.1, -0.05) is 23.2 Å². The number of hydrogen-bond donors (Lipinski definition) is 2. The lowest BCUT2D eigenvalue weighted by Crippen LogP contribution is -2.05. The Morgan fingerprint density at radius 3 is 2.60 bits per heavy atom. The van der Waals surface area contributed by atoms with Crippen molar-refractivity contribution >= 4 is 34.9 Å². The summed E-state index contributed by atoms with van der Waals surface area (Å²) in [5.74, 6) is -1.58. The van der Waals surface area contributed by atoms with Crippen molar-refractivity contribution in [2.45, 2.75) is 6.54 Å². The van der Waals surface area contributed by atoms with Crippen molar-refractivity contribution in [2.24, 2.45) is 0 Å². The molecule has 0 saturated heterocycles. The summed E-state index contributed by atoms with van der Waals surface area (Å²) >= 11 is 11.8. The van der Waals surface area contributed by atoms with Gasteiger partial charge >= 0.3 is 5.97 Å². The molecule has 0 saturated carbocycles. The summed E-state index contributed by atoms with van der Waals surface area (Å²) in [5, 5.41) is 12.7. The van der Waals surface area contributed by atoms with Crippen molar-refractivity contribution in [1.29, 1.82) is 0 Å². The molecule has 0 aliphatic heterocycles. The first-order chi connectivity index (χ1) is 9.47. The van der Waals surface area contributed by atoms with Gasteiger partial charge in [0.2, 0.25) is 0 Å². The molecular weight excluding hydrogens is 304 g/mol. The zero-order valence-corrected chi connectivity index (χ0v) is 11.7. The molecule has 0 amide bonds. The van der Waals surface area contributed by atoms with Crippen LogP contribution in [0.4, 0.5) is 10.1 Å². The summed E-state index contributed by atoms with van der Waals surface area (Å²) < 4.78 is 13.6. The molecule has 2 aromatic carbocycles. The lowest BCUT2D eigenvalue weighted by Gasteiger charge is -2.10. The standard InChI is InChI=1S/C14H10Cl2FNO2/c15-10-2-4-13(11(16)6-10)18-7-9-5-8(14(19)20)1-3-12(9)17/h1-6,18H,7H2,(H,19,20). The number of hydrogen-bond acceptors (Lipinski definition) is 2. The molecule has 20 heavy (non-hydrogen) atoms. The first-order valence-corrected chi connectivity index (χ1v) is 6.43. The summed E-state index contributed by atoms with van der Waals surface area (Å²) in [6.45, 7) is 0.119. The second-order valence-corrected chi connectivity index (χ2v) is 4.93. The molecule has 0 fully saturated rings. The van der Waals surface area contributed by atoms with Crippen LogP contribution < -0.4 is 5.32 Å². The molecule has 0 heterocycles. The molecule has 0 aliphatic rings. The van der Waals surface area contributed by atoms with Crippen molar-refractivity contribution < 1.29 is 14.3 Å². The minimum absolute atomic E-state index is 0.0328. The number of carbonyl (C=O) groups is 1. The Kier molecular flexibility index (Phi) is 4.47. The van der Waals surface area contributed by atoms with Gasteiger partial charge in [-0.25, -0.2) is 9.18 Å². The van der Waals surface area contributed by atoms with E-state index in [0.717, 1.165) is 6.07 Å². The smallest absolute Gasteiger partial charge is 0.335 e. The Balaban J connectivity index is 2.18. The van der Waals surface area contributed by atoms with Gasteiger partial charge in [-0.3, -0.25) is 0 Å². The molecule has 0 aromatic heterocycles. The van der Waals surface area contributed by atoms with E-state index in [2.05, 4.69) is 5.32 Å². The SMILES string of the molecule is O=C(O)c1ccc(F)c(CNc2ccc(Cl)cc2Cl)c1. The maximum atomic E-state index is 13.6. The highest BCUT2D eigenvalue weighted by atomic mass is 35.5. The Bertz CT molecular complexity index is 662. The van der Waals surface area contributed by atoms with Crippen LogP contribution >= 0.6 is 23.2 Å². The number of aromatic carboxylic acids is 1. The fourth-order valence-electron chi connectivity index (χ4n) is 1.67. The number of nitrogens with one attached hydrogen (secondary N) is 1. The summed E-state index contributed by atoms with van der Waals surface area (Å²) in [5.41, 5.74) is 0.873. The normalized spacial score (nSPS) is 10.3. The second-order valence-electron chi connectivity index (χ2n) is 4.09. The van der Waals surface area contributed by atoms with Gasteiger partial charge in [-0.2, -0.15) is 0 Å². The van der Waals surface area contributed by atoms with Crippen LogP contribution in [0.1, 0.15) is 15.9 Å². The third-order valence-corrected chi connectivity index (χ3v) is 3.24. The molecule has 0 atom stereocenters. The van der Waals surface area contributed by atoms with Crippen LogP contribution in [0.2, 0.25) is 10.0 Å². The Morgan fingerprint density at radius 1 is 1.20 bits per heavy atom. The fourth-order valence-corrected chi connectivity index (χ4v) is 2.14. The Hall–Kier alpha value is -1.78. The van der Waals surface area contributed by atoms with E-state index >= 15 is 0 Å². The van der Waals surface area contributed by atoms with E-state index in [1.54, 1.807) is 18.2 Å². The molecule has 0 aliphatic carbocycles. The summed E-state index contributed by atoms with van der Waals surface area (Å²) in [4.78, 5) is 10.9. The number of carboxylic acid groups (broad SMARTS) is 1. The molecule has 6 heteroatoms. The highest BCUT2D eigenvalue weighted by Crippen LogP contribution is 2.26. The lowest BCUT2D eigenvalue weighted by atomic mass is 10.1. The molecule has 3 nitrogen and oxygen atoms in total. The van der Waals surface area contributed by atoms with E-state index < -0.39 is 11.8 Å².